The minimum absolute atomic E-state index is 0.222. The third-order valence-corrected chi connectivity index (χ3v) is 4.13. The van der Waals surface area contributed by atoms with Crippen LogP contribution in [0.4, 0.5) is 0 Å². The molecule has 1 fully saturated rings. The van der Waals surface area contributed by atoms with Crippen molar-refractivity contribution in [2.45, 2.75) is 67.3 Å². The number of rotatable bonds is 1. The number of amides is 1. The molecule has 0 saturated carbocycles. The summed E-state index contributed by atoms with van der Waals surface area (Å²) in [6.45, 7) is 15.4. The standard InChI is InChI=1S/C15H29NO/c1-10-8-15(6,7)13(17)16-12(11(10)2)9-14(3,4)5/h10-12H,8-9H2,1-7H3,(H,16,17). The van der Waals surface area contributed by atoms with Crippen molar-refractivity contribution in [2.24, 2.45) is 22.7 Å². The first-order valence-corrected chi connectivity index (χ1v) is 6.84. The monoisotopic (exact) mass is 239 g/mol. The maximum Gasteiger partial charge on any atom is 0.225 e. The fraction of sp³-hybridized carbons (Fsp3) is 0.933. The molecule has 2 nitrogen and oxygen atoms in total. The maximum absolute atomic E-state index is 12.2. The molecule has 0 aliphatic carbocycles. The molecule has 17 heavy (non-hydrogen) atoms. The smallest absolute Gasteiger partial charge is 0.225 e. The number of carbonyl (C=O) groups is 1. The van der Waals surface area contributed by atoms with E-state index in [-0.39, 0.29) is 16.7 Å². The van der Waals surface area contributed by atoms with Gasteiger partial charge in [0.15, 0.2) is 0 Å². The molecule has 0 radical (unpaired) electrons. The van der Waals surface area contributed by atoms with E-state index in [2.05, 4.69) is 53.8 Å². The van der Waals surface area contributed by atoms with Crippen molar-refractivity contribution in [3.63, 3.8) is 0 Å². The molecule has 3 atom stereocenters. The Morgan fingerprint density at radius 2 is 1.82 bits per heavy atom. The molecule has 0 aromatic rings. The van der Waals surface area contributed by atoms with Crippen LogP contribution in [0.1, 0.15) is 61.3 Å². The van der Waals surface area contributed by atoms with Gasteiger partial charge in [-0.25, -0.2) is 0 Å². The Morgan fingerprint density at radius 3 is 2.29 bits per heavy atom. The van der Waals surface area contributed by atoms with E-state index in [1.807, 2.05) is 0 Å². The highest BCUT2D eigenvalue weighted by atomic mass is 16.2. The van der Waals surface area contributed by atoms with Crippen LogP contribution in [0.15, 0.2) is 0 Å². The van der Waals surface area contributed by atoms with Crippen molar-refractivity contribution in [2.75, 3.05) is 0 Å². The lowest BCUT2D eigenvalue weighted by molar-refractivity contribution is -0.130. The zero-order valence-corrected chi connectivity index (χ0v) is 12.6. The Hall–Kier alpha value is -0.530. The molecule has 2 heteroatoms. The minimum atomic E-state index is -0.222. The van der Waals surface area contributed by atoms with E-state index in [4.69, 9.17) is 0 Å². The normalized spacial score (nSPS) is 34.1. The van der Waals surface area contributed by atoms with Crippen molar-refractivity contribution in [1.29, 1.82) is 0 Å². The second-order valence-corrected chi connectivity index (χ2v) is 7.77. The summed E-state index contributed by atoms with van der Waals surface area (Å²) in [5, 5.41) is 3.27. The summed E-state index contributed by atoms with van der Waals surface area (Å²) < 4.78 is 0. The van der Waals surface area contributed by atoms with Crippen molar-refractivity contribution in [3.8, 4) is 0 Å². The van der Waals surface area contributed by atoms with Crippen LogP contribution in [0, 0.1) is 22.7 Å². The first-order valence-electron chi connectivity index (χ1n) is 6.84. The molecule has 100 valence electrons. The number of nitrogens with one attached hydrogen (secondary N) is 1. The predicted molar refractivity (Wildman–Crippen MR) is 72.7 cm³/mol. The summed E-state index contributed by atoms with van der Waals surface area (Å²) in [5.74, 6) is 1.37. The quantitative estimate of drug-likeness (QED) is 0.744. The van der Waals surface area contributed by atoms with Crippen molar-refractivity contribution in [3.05, 3.63) is 0 Å². The van der Waals surface area contributed by atoms with Crippen molar-refractivity contribution in [1.82, 2.24) is 5.32 Å². The highest BCUT2D eigenvalue weighted by molar-refractivity contribution is 5.82. The molecule has 1 saturated heterocycles. The molecular weight excluding hydrogens is 210 g/mol. The van der Waals surface area contributed by atoms with Crippen LogP contribution in [0.5, 0.6) is 0 Å². The molecule has 3 unspecified atom stereocenters. The van der Waals surface area contributed by atoms with Gasteiger partial charge in [-0.15, -0.1) is 0 Å². The summed E-state index contributed by atoms with van der Waals surface area (Å²) in [7, 11) is 0. The second-order valence-electron chi connectivity index (χ2n) is 7.77. The van der Waals surface area contributed by atoms with Crippen molar-refractivity contribution >= 4 is 5.91 Å². The van der Waals surface area contributed by atoms with Crippen LogP contribution in [0.3, 0.4) is 0 Å². The highest BCUT2D eigenvalue weighted by Crippen LogP contribution is 2.37. The zero-order valence-electron chi connectivity index (χ0n) is 12.6. The average Bonchev–Trinajstić information content (AvgIpc) is 2.16. The average molecular weight is 239 g/mol. The number of hydrogen-bond donors (Lipinski definition) is 1. The van der Waals surface area contributed by atoms with Crippen LogP contribution in [-0.2, 0) is 4.79 Å². The molecule has 1 aliphatic heterocycles. The third-order valence-electron chi connectivity index (χ3n) is 4.13. The summed E-state index contributed by atoms with van der Waals surface area (Å²) in [6, 6.07) is 0.319. The second kappa shape index (κ2) is 4.62. The fourth-order valence-electron chi connectivity index (χ4n) is 2.87. The molecule has 1 heterocycles. The SMILES string of the molecule is CC1CC(C)(C)C(=O)NC(CC(C)(C)C)C1C. The van der Waals surface area contributed by atoms with Gasteiger partial charge in [0, 0.05) is 11.5 Å². The van der Waals surface area contributed by atoms with Gasteiger partial charge in [0.2, 0.25) is 5.91 Å². The third kappa shape index (κ3) is 3.72. The molecule has 1 rings (SSSR count). The molecule has 1 aliphatic rings. The van der Waals surface area contributed by atoms with E-state index in [0.717, 1.165) is 12.8 Å². The highest BCUT2D eigenvalue weighted by Gasteiger charge is 2.39. The maximum atomic E-state index is 12.2. The van der Waals surface area contributed by atoms with E-state index in [0.29, 0.717) is 17.9 Å². The molecule has 0 aromatic carbocycles. The zero-order chi connectivity index (χ0) is 13.4. The van der Waals surface area contributed by atoms with Gasteiger partial charge in [-0.1, -0.05) is 48.5 Å². The topological polar surface area (TPSA) is 29.1 Å². The number of hydrogen-bond acceptors (Lipinski definition) is 1. The summed E-state index contributed by atoms with van der Waals surface area (Å²) in [6.07, 6.45) is 2.04. The fourth-order valence-corrected chi connectivity index (χ4v) is 2.87. The largest absolute Gasteiger partial charge is 0.353 e. The van der Waals surface area contributed by atoms with Crippen LogP contribution in [-0.4, -0.2) is 11.9 Å². The minimum Gasteiger partial charge on any atom is -0.353 e. The van der Waals surface area contributed by atoms with Gasteiger partial charge >= 0.3 is 0 Å². The van der Waals surface area contributed by atoms with E-state index in [1.165, 1.54) is 0 Å². The van der Waals surface area contributed by atoms with Gasteiger partial charge in [-0.3, -0.25) is 4.79 Å². The van der Waals surface area contributed by atoms with Crippen LogP contribution in [0.25, 0.3) is 0 Å². The Labute approximate surface area is 107 Å². The van der Waals surface area contributed by atoms with Gasteiger partial charge in [-0.2, -0.15) is 0 Å². The summed E-state index contributed by atoms with van der Waals surface area (Å²) in [4.78, 5) is 12.2. The molecule has 0 aromatic heterocycles. The molecule has 1 N–H and O–H groups in total. The van der Waals surface area contributed by atoms with Crippen LogP contribution < -0.4 is 5.32 Å². The van der Waals surface area contributed by atoms with Gasteiger partial charge in [0.25, 0.3) is 0 Å². The van der Waals surface area contributed by atoms with E-state index < -0.39 is 0 Å². The van der Waals surface area contributed by atoms with E-state index in [1.54, 1.807) is 0 Å². The van der Waals surface area contributed by atoms with E-state index in [9.17, 15) is 4.79 Å². The van der Waals surface area contributed by atoms with E-state index >= 15 is 0 Å². The molecule has 1 amide bonds. The summed E-state index contributed by atoms with van der Waals surface area (Å²) >= 11 is 0. The van der Waals surface area contributed by atoms with Gasteiger partial charge in [0.1, 0.15) is 0 Å². The van der Waals surface area contributed by atoms with Crippen LogP contribution in [0.2, 0.25) is 0 Å². The summed E-state index contributed by atoms with van der Waals surface area (Å²) in [5.41, 5.74) is 0.0424. The molecule has 0 spiro atoms. The first-order chi connectivity index (χ1) is 7.53. The predicted octanol–water partition coefficient (Wildman–Crippen LogP) is 3.61. The van der Waals surface area contributed by atoms with Gasteiger partial charge in [0.05, 0.1) is 0 Å². The van der Waals surface area contributed by atoms with Crippen molar-refractivity contribution < 1.29 is 4.79 Å². The molecular formula is C15H29NO. The Bertz CT molecular complexity index is 288. The first kappa shape index (κ1) is 14.5. The Kier molecular flexibility index (Phi) is 3.95. The lowest BCUT2D eigenvalue weighted by atomic mass is 9.76. The van der Waals surface area contributed by atoms with Gasteiger partial charge < -0.3 is 5.32 Å². The lowest BCUT2D eigenvalue weighted by Gasteiger charge is -2.31. The van der Waals surface area contributed by atoms with Crippen LogP contribution >= 0.6 is 0 Å². The Morgan fingerprint density at radius 1 is 1.29 bits per heavy atom. The molecule has 0 bridgehead atoms. The van der Waals surface area contributed by atoms with Gasteiger partial charge in [-0.05, 0) is 30.1 Å². The Balaban J connectivity index is 2.88. The number of carbonyl (C=O) groups excluding carboxylic acids is 1. The lowest BCUT2D eigenvalue weighted by Crippen LogP contribution is -2.44.